The zero-order chi connectivity index (χ0) is 31.2. The molecule has 0 spiro atoms. The van der Waals surface area contributed by atoms with E-state index in [9.17, 15) is 21.7 Å². The van der Waals surface area contributed by atoms with Crippen LogP contribution in [0.25, 0.3) is 0 Å². The highest BCUT2D eigenvalue weighted by atomic mass is 32.2. The van der Waals surface area contributed by atoms with Crippen molar-refractivity contribution in [1.29, 1.82) is 0 Å². The van der Waals surface area contributed by atoms with Crippen LogP contribution in [-0.2, 0) is 24.9 Å². The predicted octanol–water partition coefficient (Wildman–Crippen LogP) is 4.88. The Bertz CT molecular complexity index is 1460. The maximum Gasteiger partial charge on any atom is 0.243 e. The number of hydrogen-bond acceptors (Lipinski definition) is 9. The van der Waals surface area contributed by atoms with Crippen molar-refractivity contribution in [1.82, 2.24) is 8.61 Å². The molecule has 5 rings (SSSR count). The van der Waals surface area contributed by atoms with E-state index < -0.39 is 26.1 Å². The van der Waals surface area contributed by atoms with E-state index in [1.807, 2.05) is 0 Å². The molecule has 0 radical (unpaired) electrons. The van der Waals surface area contributed by atoms with Crippen LogP contribution in [0, 0.1) is 4.91 Å². The molecule has 1 aliphatic carbocycles. The van der Waals surface area contributed by atoms with Crippen LogP contribution in [0.4, 0.5) is 0 Å². The molecular weight excluding hydrogens is 603 g/mol. The number of rotatable bonds is 9. The van der Waals surface area contributed by atoms with E-state index in [0.29, 0.717) is 67.1 Å². The molecule has 2 aromatic carbocycles. The molecule has 11 nitrogen and oxygen atoms in total. The highest BCUT2D eigenvalue weighted by molar-refractivity contribution is 7.89. The number of nitrogens with zero attached hydrogens (tertiary/aromatic N) is 4. The van der Waals surface area contributed by atoms with Crippen LogP contribution in [-0.4, -0.2) is 70.5 Å². The van der Waals surface area contributed by atoms with Crippen LogP contribution < -0.4 is 5.73 Å². The van der Waals surface area contributed by atoms with Gasteiger partial charge < -0.3 is 10.6 Å². The number of hydrogen-bond donors (Lipinski definition) is 1. The zero-order valence-electron chi connectivity index (χ0n) is 25.2. The van der Waals surface area contributed by atoms with E-state index >= 15 is 0 Å². The number of benzene rings is 2. The van der Waals surface area contributed by atoms with Gasteiger partial charge in [-0.25, -0.2) is 16.8 Å². The highest BCUT2D eigenvalue weighted by Gasteiger charge is 2.36. The second-order valence-corrected chi connectivity index (χ2v) is 15.6. The first-order valence-corrected chi connectivity index (χ1v) is 18.7. The third-order valence-electron chi connectivity index (χ3n) is 8.75. The lowest BCUT2D eigenvalue weighted by molar-refractivity contribution is 0.143. The number of nitroso groups, excluding NO2 is 1. The Kier molecular flexibility index (Phi) is 10.8. The molecule has 2 N–H and O–H groups in total. The van der Waals surface area contributed by atoms with Crippen LogP contribution in [0.5, 0.6) is 0 Å². The fraction of sp³-hybridized carbons (Fsp3) is 0.581. The molecule has 3 aliphatic rings. The fourth-order valence-corrected chi connectivity index (χ4v) is 9.39. The monoisotopic (exact) mass is 645 g/mol. The molecule has 13 heteroatoms. The number of sulfonamides is 2. The first-order valence-electron chi connectivity index (χ1n) is 15.8. The summed E-state index contributed by atoms with van der Waals surface area (Å²) in [5.41, 5.74) is 7.73. The van der Waals surface area contributed by atoms with Crippen molar-refractivity contribution in [3.05, 3.63) is 63.6 Å². The largest absolute Gasteiger partial charge is 0.395 e. The van der Waals surface area contributed by atoms with Crippen LogP contribution in [0.1, 0.15) is 98.9 Å². The van der Waals surface area contributed by atoms with E-state index in [0.717, 1.165) is 64.2 Å². The van der Waals surface area contributed by atoms with Gasteiger partial charge in [0, 0.05) is 37.3 Å². The minimum atomic E-state index is -3.84. The third kappa shape index (κ3) is 6.91. The van der Waals surface area contributed by atoms with Crippen LogP contribution in [0.3, 0.4) is 0 Å². The van der Waals surface area contributed by atoms with Crippen molar-refractivity contribution in [3.63, 3.8) is 0 Å². The summed E-state index contributed by atoms with van der Waals surface area (Å²) in [6.07, 6.45) is 9.88. The van der Waals surface area contributed by atoms with Gasteiger partial charge in [0.15, 0.2) is 0 Å². The van der Waals surface area contributed by atoms with Gasteiger partial charge >= 0.3 is 0 Å². The molecule has 0 amide bonds. The normalized spacial score (nSPS) is 20.8. The predicted molar refractivity (Wildman–Crippen MR) is 169 cm³/mol. The summed E-state index contributed by atoms with van der Waals surface area (Å²) in [4.78, 5) is 18.3. The van der Waals surface area contributed by atoms with Gasteiger partial charge in [-0.1, -0.05) is 61.0 Å². The van der Waals surface area contributed by atoms with Gasteiger partial charge in [0.25, 0.3) is 0 Å². The van der Waals surface area contributed by atoms with Gasteiger partial charge in [-0.05, 0) is 74.0 Å². The number of fused-ring (bicyclic) bond motifs is 2. The minimum absolute atomic E-state index is 0.0710. The Morgan fingerprint density at radius 1 is 0.705 bits per heavy atom. The summed E-state index contributed by atoms with van der Waals surface area (Å²) < 4.78 is 58.2. The Morgan fingerprint density at radius 3 is 1.55 bits per heavy atom. The second kappa shape index (κ2) is 14.6. The SMILES string of the molecule is NCCCON=C1c2ccc(S(=O)(=O)N3CCCCCCC3)cc2C(N=O)c2cc(S(=O)(=O)N3CCCCCCC3)ccc21. The van der Waals surface area contributed by atoms with Gasteiger partial charge in [0.1, 0.15) is 18.4 Å². The van der Waals surface area contributed by atoms with Crippen molar-refractivity contribution < 1.29 is 21.7 Å². The average Bonchev–Trinajstić information content (AvgIpc) is 2.97. The maximum absolute atomic E-state index is 13.8. The van der Waals surface area contributed by atoms with Crippen molar-refractivity contribution in [2.75, 3.05) is 39.3 Å². The summed E-state index contributed by atoms with van der Waals surface area (Å²) in [7, 11) is -7.67. The minimum Gasteiger partial charge on any atom is -0.395 e. The molecule has 240 valence electrons. The summed E-state index contributed by atoms with van der Waals surface area (Å²) in [5, 5.41) is 7.80. The van der Waals surface area contributed by atoms with E-state index in [-0.39, 0.29) is 16.4 Å². The summed E-state index contributed by atoms with van der Waals surface area (Å²) in [6.45, 7) is 2.45. The first kappa shape index (κ1) is 32.7. The molecule has 2 fully saturated rings. The first-order chi connectivity index (χ1) is 21.3. The summed E-state index contributed by atoms with van der Waals surface area (Å²) in [5.74, 6) is 0. The van der Waals surface area contributed by atoms with Crippen molar-refractivity contribution in [2.24, 2.45) is 16.1 Å². The molecule has 0 unspecified atom stereocenters. The summed E-state index contributed by atoms with van der Waals surface area (Å²) >= 11 is 0. The Hall–Kier alpha value is -2.71. The number of oxime groups is 1. The van der Waals surface area contributed by atoms with Crippen molar-refractivity contribution >= 4 is 25.8 Å². The van der Waals surface area contributed by atoms with E-state index in [1.54, 1.807) is 12.1 Å². The van der Waals surface area contributed by atoms with E-state index in [1.165, 1.54) is 32.9 Å². The van der Waals surface area contributed by atoms with Gasteiger partial charge in [0.05, 0.1) is 9.79 Å². The standard InChI is InChI=1S/C31H43N5O6S2/c32-16-11-21-42-34-31-26-14-12-24(43(38,39)35-17-7-3-1-4-8-18-35)22-28(26)30(33-37)29-23-25(13-15-27(29)31)44(40,41)36-19-9-5-2-6-10-20-36/h12-15,22-23,30H,1-11,16-21,32H2. The lowest BCUT2D eigenvalue weighted by Crippen LogP contribution is -2.34. The van der Waals surface area contributed by atoms with Gasteiger partial charge in [-0.15, -0.1) is 4.91 Å². The maximum atomic E-state index is 13.8. The zero-order valence-corrected chi connectivity index (χ0v) is 26.8. The molecule has 0 atom stereocenters. The topological polar surface area (TPSA) is 152 Å². The van der Waals surface area contributed by atoms with Crippen molar-refractivity contribution in [2.45, 2.75) is 86.5 Å². The number of nitrogens with two attached hydrogens (primary N) is 1. The van der Waals surface area contributed by atoms with E-state index in [2.05, 4.69) is 10.3 Å². The molecule has 2 aromatic rings. The lowest BCUT2D eigenvalue weighted by Gasteiger charge is -2.29. The fourth-order valence-electron chi connectivity index (χ4n) is 6.28. The smallest absolute Gasteiger partial charge is 0.243 e. The van der Waals surface area contributed by atoms with Gasteiger partial charge in [0.2, 0.25) is 20.0 Å². The molecule has 44 heavy (non-hydrogen) atoms. The lowest BCUT2D eigenvalue weighted by atomic mass is 9.81. The molecule has 2 aliphatic heterocycles. The Balaban J connectivity index is 1.58. The van der Waals surface area contributed by atoms with Crippen molar-refractivity contribution in [3.8, 4) is 0 Å². The molecule has 0 saturated carbocycles. The quantitative estimate of drug-likeness (QED) is 0.232. The average molecular weight is 646 g/mol. The molecule has 0 aromatic heterocycles. The van der Waals surface area contributed by atoms with Gasteiger partial charge in [-0.3, -0.25) is 0 Å². The van der Waals surface area contributed by atoms with E-state index in [4.69, 9.17) is 10.6 Å². The van der Waals surface area contributed by atoms with Gasteiger partial charge in [-0.2, -0.15) is 8.61 Å². The molecule has 0 bridgehead atoms. The van der Waals surface area contributed by atoms with Crippen LogP contribution in [0.2, 0.25) is 0 Å². The third-order valence-corrected chi connectivity index (χ3v) is 12.5. The Morgan fingerprint density at radius 2 is 1.14 bits per heavy atom. The highest BCUT2D eigenvalue weighted by Crippen LogP contribution is 2.41. The molecule has 2 saturated heterocycles. The molecular formula is C31H43N5O6S2. The molecule has 2 heterocycles. The van der Waals surface area contributed by atoms with Crippen LogP contribution in [0.15, 0.2) is 56.5 Å². The summed E-state index contributed by atoms with van der Waals surface area (Å²) in [6, 6.07) is 8.21. The Labute approximate surface area is 260 Å². The van der Waals surface area contributed by atoms with Crippen LogP contribution >= 0.6 is 0 Å². The second-order valence-electron chi connectivity index (χ2n) is 11.8.